The number of carbonyl (C=O) groups excluding carboxylic acids is 1. The predicted molar refractivity (Wildman–Crippen MR) is 89.5 cm³/mol. The van der Waals surface area contributed by atoms with Crippen LogP contribution in [0.3, 0.4) is 0 Å². The van der Waals surface area contributed by atoms with E-state index >= 15 is 0 Å². The van der Waals surface area contributed by atoms with E-state index < -0.39 is 5.60 Å². The molecular weight excluding hydrogens is 292 g/mol. The maximum absolute atomic E-state index is 12.6. The van der Waals surface area contributed by atoms with Gasteiger partial charge < -0.3 is 19.7 Å². The second kappa shape index (κ2) is 6.98. The Bertz CT molecular complexity index is 417. The monoisotopic (exact) mass is 324 g/mol. The van der Waals surface area contributed by atoms with E-state index in [4.69, 9.17) is 9.47 Å². The highest BCUT2D eigenvalue weighted by Gasteiger charge is 2.41. The molecule has 2 heterocycles. The molecule has 0 aromatic carbocycles. The van der Waals surface area contributed by atoms with Gasteiger partial charge in [-0.3, -0.25) is 0 Å². The highest BCUT2D eigenvalue weighted by Crippen LogP contribution is 2.35. The van der Waals surface area contributed by atoms with Gasteiger partial charge in [0.2, 0.25) is 0 Å². The molecule has 3 aliphatic rings. The van der Waals surface area contributed by atoms with Gasteiger partial charge in [-0.05, 0) is 52.4 Å². The van der Waals surface area contributed by atoms with Crippen LogP contribution in [-0.4, -0.2) is 54.5 Å². The van der Waals surface area contributed by atoms with E-state index in [1.165, 1.54) is 25.7 Å². The molecule has 0 aromatic rings. The molecule has 132 valence electrons. The molecule has 0 spiro atoms. The van der Waals surface area contributed by atoms with Gasteiger partial charge in [0.1, 0.15) is 5.60 Å². The SMILES string of the molecule is CC(C)(C)OC(=O)N1CCCC1C1CCCCC1NC1COC1. The Kier molecular flexibility index (Phi) is 5.16. The van der Waals surface area contributed by atoms with Crippen molar-refractivity contribution in [2.45, 2.75) is 83.0 Å². The first-order valence-corrected chi connectivity index (χ1v) is 9.27. The van der Waals surface area contributed by atoms with E-state index in [2.05, 4.69) is 5.32 Å². The van der Waals surface area contributed by atoms with Gasteiger partial charge in [-0.15, -0.1) is 0 Å². The van der Waals surface area contributed by atoms with Crippen LogP contribution in [0.4, 0.5) is 4.79 Å². The molecule has 1 N–H and O–H groups in total. The van der Waals surface area contributed by atoms with Crippen molar-refractivity contribution < 1.29 is 14.3 Å². The second-order valence-electron chi connectivity index (χ2n) is 8.34. The van der Waals surface area contributed by atoms with Crippen LogP contribution in [0.15, 0.2) is 0 Å². The molecule has 3 atom stereocenters. The first kappa shape index (κ1) is 17.0. The Hall–Kier alpha value is -0.810. The Balaban J connectivity index is 1.65. The Morgan fingerprint density at radius 2 is 1.87 bits per heavy atom. The fraction of sp³-hybridized carbons (Fsp3) is 0.944. The highest BCUT2D eigenvalue weighted by molar-refractivity contribution is 5.69. The van der Waals surface area contributed by atoms with Crippen molar-refractivity contribution in [2.75, 3.05) is 19.8 Å². The van der Waals surface area contributed by atoms with Crippen molar-refractivity contribution in [1.29, 1.82) is 0 Å². The number of ether oxygens (including phenoxy) is 2. The lowest BCUT2D eigenvalue weighted by Gasteiger charge is -2.42. The molecule has 2 aliphatic heterocycles. The van der Waals surface area contributed by atoms with Crippen LogP contribution in [0.25, 0.3) is 0 Å². The summed E-state index contributed by atoms with van der Waals surface area (Å²) >= 11 is 0. The first-order chi connectivity index (χ1) is 10.9. The molecular formula is C18H32N2O3. The summed E-state index contributed by atoms with van der Waals surface area (Å²) < 4.78 is 10.9. The quantitative estimate of drug-likeness (QED) is 0.867. The minimum atomic E-state index is -0.419. The number of nitrogens with one attached hydrogen (secondary N) is 1. The molecule has 2 saturated heterocycles. The smallest absolute Gasteiger partial charge is 0.410 e. The van der Waals surface area contributed by atoms with E-state index in [-0.39, 0.29) is 6.09 Å². The summed E-state index contributed by atoms with van der Waals surface area (Å²) in [5.41, 5.74) is -0.419. The van der Waals surface area contributed by atoms with E-state index in [0.717, 1.165) is 32.6 Å². The third-order valence-electron chi connectivity index (χ3n) is 5.33. The van der Waals surface area contributed by atoms with Crippen LogP contribution in [-0.2, 0) is 9.47 Å². The van der Waals surface area contributed by atoms with E-state index in [1.54, 1.807) is 0 Å². The topological polar surface area (TPSA) is 50.8 Å². The number of likely N-dealkylation sites (tertiary alicyclic amines) is 1. The summed E-state index contributed by atoms with van der Waals surface area (Å²) in [7, 11) is 0. The van der Waals surface area contributed by atoms with Gasteiger partial charge in [-0.25, -0.2) is 4.79 Å². The molecule has 0 bridgehead atoms. The molecule has 5 nitrogen and oxygen atoms in total. The summed E-state index contributed by atoms with van der Waals surface area (Å²) in [6, 6.07) is 1.37. The molecule has 3 fully saturated rings. The number of amides is 1. The predicted octanol–water partition coefficient (Wildman–Crippen LogP) is 2.93. The minimum absolute atomic E-state index is 0.128. The van der Waals surface area contributed by atoms with Crippen molar-refractivity contribution >= 4 is 6.09 Å². The van der Waals surface area contributed by atoms with E-state index in [0.29, 0.717) is 24.0 Å². The Morgan fingerprint density at radius 1 is 1.13 bits per heavy atom. The summed E-state index contributed by atoms with van der Waals surface area (Å²) in [6.45, 7) is 8.34. The fourth-order valence-corrected chi connectivity index (χ4v) is 4.25. The largest absolute Gasteiger partial charge is 0.444 e. The van der Waals surface area contributed by atoms with Gasteiger partial charge >= 0.3 is 6.09 Å². The lowest BCUT2D eigenvalue weighted by atomic mass is 9.78. The van der Waals surface area contributed by atoms with Crippen molar-refractivity contribution in [3.63, 3.8) is 0 Å². The molecule has 3 unspecified atom stereocenters. The average molecular weight is 324 g/mol. The molecule has 1 saturated carbocycles. The van der Waals surface area contributed by atoms with Gasteiger partial charge in [0.25, 0.3) is 0 Å². The second-order valence-corrected chi connectivity index (χ2v) is 8.34. The number of hydrogen-bond acceptors (Lipinski definition) is 4. The lowest BCUT2D eigenvalue weighted by Crippen LogP contribution is -2.57. The first-order valence-electron chi connectivity index (χ1n) is 9.27. The molecule has 0 radical (unpaired) electrons. The van der Waals surface area contributed by atoms with Gasteiger partial charge in [0, 0.05) is 18.6 Å². The number of rotatable bonds is 3. The van der Waals surface area contributed by atoms with E-state index in [1.807, 2.05) is 25.7 Å². The summed E-state index contributed by atoms with van der Waals surface area (Å²) in [4.78, 5) is 14.6. The summed E-state index contributed by atoms with van der Waals surface area (Å²) in [5.74, 6) is 0.555. The van der Waals surface area contributed by atoms with Crippen molar-refractivity contribution in [2.24, 2.45) is 5.92 Å². The van der Waals surface area contributed by atoms with Crippen LogP contribution < -0.4 is 5.32 Å². The third kappa shape index (κ3) is 4.18. The van der Waals surface area contributed by atoms with Crippen molar-refractivity contribution in [1.82, 2.24) is 10.2 Å². The zero-order chi connectivity index (χ0) is 16.4. The molecule has 5 heteroatoms. The molecule has 0 aromatic heterocycles. The molecule has 1 amide bonds. The van der Waals surface area contributed by atoms with Gasteiger partial charge in [-0.2, -0.15) is 0 Å². The van der Waals surface area contributed by atoms with Gasteiger partial charge in [-0.1, -0.05) is 12.8 Å². The zero-order valence-corrected chi connectivity index (χ0v) is 14.8. The Morgan fingerprint density at radius 3 is 2.52 bits per heavy atom. The third-order valence-corrected chi connectivity index (χ3v) is 5.33. The molecule has 1 aliphatic carbocycles. The van der Waals surface area contributed by atoms with E-state index in [9.17, 15) is 4.79 Å². The number of hydrogen-bond donors (Lipinski definition) is 1. The van der Waals surface area contributed by atoms with Crippen LogP contribution in [0, 0.1) is 5.92 Å². The van der Waals surface area contributed by atoms with Crippen molar-refractivity contribution in [3.8, 4) is 0 Å². The maximum atomic E-state index is 12.6. The normalized spacial score (nSPS) is 32.7. The standard InChI is InChI=1S/C18H32N2O3/c1-18(2,3)23-17(21)20-10-6-9-16(20)14-7-4-5-8-15(14)19-13-11-22-12-13/h13-16,19H,4-12H2,1-3H3. The highest BCUT2D eigenvalue weighted by atomic mass is 16.6. The zero-order valence-electron chi connectivity index (χ0n) is 14.8. The Labute approximate surface area is 140 Å². The molecule has 3 rings (SSSR count). The lowest BCUT2D eigenvalue weighted by molar-refractivity contribution is -0.0217. The molecule has 23 heavy (non-hydrogen) atoms. The number of nitrogens with zero attached hydrogens (tertiary/aromatic N) is 1. The summed E-state index contributed by atoms with van der Waals surface area (Å²) in [5, 5.41) is 3.79. The fourth-order valence-electron chi connectivity index (χ4n) is 4.25. The summed E-state index contributed by atoms with van der Waals surface area (Å²) in [6.07, 6.45) is 7.10. The van der Waals surface area contributed by atoms with Crippen LogP contribution in [0.5, 0.6) is 0 Å². The van der Waals surface area contributed by atoms with Gasteiger partial charge in [0.15, 0.2) is 0 Å². The van der Waals surface area contributed by atoms with Crippen molar-refractivity contribution in [3.05, 3.63) is 0 Å². The van der Waals surface area contributed by atoms with Crippen LogP contribution >= 0.6 is 0 Å². The minimum Gasteiger partial charge on any atom is -0.444 e. The number of carbonyl (C=O) groups is 1. The average Bonchev–Trinajstić information content (AvgIpc) is 2.91. The van der Waals surface area contributed by atoms with Gasteiger partial charge in [0.05, 0.1) is 19.3 Å². The van der Waals surface area contributed by atoms with Crippen LogP contribution in [0.2, 0.25) is 0 Å². The van der Waals surface area contributed by atoms with Crippen LogP contribution in [0.1, 0.15) is 59.3 Å². The maximum Gasteiger partial charge on any atom is 0.410 e.